The Morgan fingerprint density at radius 3 is 2.78 bits per heavy atom. The van der Waals surface area contributed by atoms with E-state index in [-0.39, 0.29) is 12.3 Å². The molecule has 0 amide bonds. The summed E-state index contributed by atoms with van der Waals surface area (Å²) < 4.78 is 11.6. The van der Waals surface area contributed by atoms with Crippen LogP contribution in [0.1, 0.15) is 13.3 Å². The number of hydrogen-bond donors (Lipinski definition) is 3. The fourth-order valence-electron chi connectivity index (χ4n) is 2.65. The van der Waals surface area contributed by atoms with Crippen LogP contribution >= 0.6 is 0 Å². The van der Waals surface area contributed by atoms with Crippen LogP contribution in [0.4, 0.5) is 5.69 Å². The molecule has 7 nitrogen and oxygen atoms in total. The van der Waals surface area contributed by atoms with Gasteiger partial charge in [-0.3, -0.25) is 5.32 Å². The number of anilines is 1. The third kappa shape index (κ3) is 6.30. The minimum atomic E-state index is -0.0967. The number of nitrogens with one attached hydrogen (secondary N) is 3. The Labute approximate surface area is 162 Å². The van der Waals surface area contributed by atoms with E-state index in [4.69, 9.17) is 9.47 Å². The molecule has 2 rings (SSSR count). The minimum absolute atomic E-state index is 0.0372. The van der Waals surface area contributed by atoms with Crippen molar-refractivity contribution < 1.29 is 9.47 Å². The number of guanidine groups is 1. The Hall–Kier alpha value is -2.51. The number of hydrogen-bond acceptors (Lipinski definition) is 7. The fourth-order valence-corrected chi connectivity index (χ4v) is 2.65. The minimum Gasteiger partial charge on any atom is -0.493 e. The van der Waals surface area contributed by atoms with Crippen molar-refractivity contribution in [2.75, 3.05) is 40.1 Å². The number of methoxy groups -OCH3 is 1. The SMILES string of the molecule is C=C[C@@H](CCN(C)C)Oc1cc(NC2=NC(C)=CC(NC)N2)ccc1OC. The second-order valence-corrected chi connectivity index (χ2v) is 6.65. The molecule has 1 aliphatic rings. The summed E-state index contributed by atoms with van der Waals surface area (Å²) in [7, 11) is 7.61. The van der Waals surface area contributed by atoms with Crippen LogP contribution in [0.3, 0.4) is 0 Å². The molecule has 0 saturated carbocycles. The van der Waals surface area contributed by atoms with Crippen molar-refractivity contribution in [1.29, 1.82) is 0 Å². The molecule has 1 aromatic rings. The Morgan fingerprint density at radius 2 is 2.15 bits per heavy atom. The lowest BCUT2D eigenvalue weighted by atomic mass is 10.2. The fraction of sp³-hybridized carbons (Fsp3) is 0.450. The monoisotopic (exact) mass is 373 g/mol. The second-order valence-electron chi connectivity index (χ2n) is 6.65. The molecule has 0 saturated heterocycles. The molecule has 1 heterocycles. The van der Waals surface area contributed by atoms with E-state index >= 15 is 0 Å². The maximum atomic E-state index is 6.14. The van der Waals surface area contributed by atoms with Crippen molar-refractivity contribution >= 4 is 11.6 Å². The van der Waals surface area contributed by atoms with Crippen LogP contribution in [0.2, 0.25) is 0 Å². The molecule has 7 heteroatoms. The van der Waals surface area contributed by atoms with E-state index in [1.165, 1.54) is 0 Å². The summed E-state index contributed by atoms with van der Waals surface area (Å²) in [5, 5.41) is 9.74. The number of allylic oxidation sites excluding steroid dienone is 1. The summed E-state index contributed by atoms with van der Waals surface area (Å²) >= 11 is 0. The van der Waals surface area contributed by atoms with Gasteiger partial charge in [0, 0.05) is 30.4 Å². The van der Waals surface area contributed by atoms with Crippen LogP contribution in [0, 0.1) is 0 Å². The van der Waals surface area contributed by atoms with E-state index in [1.807, 2.05) is 58.4 Å². The lowest BCUT2D eigenvalue weighted by Crippen LogP contribution is -2.47. The highest BCUT2D eigenvalue weighted by Crippen LogP contribution is 2.31. The highest BCUT2D eigenvalue weighted by Gasteiger charge is 2.15. The summed E-state index contributed by atoms with van der Waals surface area (Å²) in [5.41, 5.74) is 1.80. The summed E-state index contributed by atoms with van der Waals surface area (Å²) in [4.78, 5) is 6.62. The zero-order chi connectivity index (χ0) is 19.8. The molecular formula is C20H31N5O2. The van der Waals surface area contributed by atoms with Gasteiger partial charge < -0.3 is 25.0 Å². The van der Waals surface area contributed by atoms with E-state index in [0.717, 1.165) is 24.4 Å². The first-order valence-corrected chi connectivity index (χ1v) is 9.05. The molecule has 2 atom stereocenters. The lowest BCUT2D eigenvalue weighted by molar-refractivity contribution is 0.211. The average Bonchev–Trinajstić information content (AvgIpc) is 2.64. The number of aliphatic imine (C=N–C) groups is 1. The maximum Gasteiger partial charge on any atom is 0.202 e. The van der Waals surface area contributed by atoms with E-state index in [9.17, 15) is 0 Å². The molecular weight excluding hydrogens is 342 g/mol. The van der Waals surface area contributed by atoms with Crippen LogP contribution in [0.5, 0.6) is 11.5 Å². The van der Waals surface area contributed by atoms with Crippen molar-refractivity contribution in [2.24, 2.45) is 4.99 Å². The van der Waals surface area contributed by atoms with Gasteiger partial charge in [0.25, 0.3) is 0 Å². The lowest BCUT2D eigenvalue weighted by Gasteiger charge is -2.23. The highest BCUT2D eigenvalue weighted by molar-refractivity contribution is 5.95. The van der Waals surface area contributed by atoms with Crippen LogP contribution in [-0.4, -0.2) is 57.9 Å². The first kappa shape index (κ1) is 20.8. The Balaban J connectivity index is 2.14. The van der Waals surface area contributed by atoms with Crippen LogP contribution in [-0.2, 0) is 0 Å². The van der Waals surface area contributed by atoms with Gasteiger partial charge in [0.15, 0.2) is 11.5 Å². The number of benzene rings is 1. The van der Waals surface area contributed by atoms with Gasteiger partial charge in [0.05, 0.1) is 7.11 Å². The third-order valence-electron chi connectivity index (χ3n) is 4.13. The van der Waals surface area contributed by atoms with E-state index in [1.54, 1.807) is 7.11 Å². The summed E-state index contributed by atoms with van der Waals surface area (Å²) in [6.45, 7) is 6.77. The molecule has 148 valence electrons. The smallest absolute Gasteiger partial charge is 0.202 e. The first-order chi connectivity index (χ1) is 12.9. The molecule has 0 aliphatic carbocycles. The van der Waals surface area contributed by atoms with Gasteiger partial charge in [-0.05, 0) is 46.3 Å². The molecule has 0 fully saturated rings. The van der Waals surface area contributed by atoms with Crippen molar-refractivity contribution in [3.63, 3.8) is 0 Å². The van der Waals surface area contributed by atoms with Gasteiger partial charge in [0.1, 0.15) is 12.3 Å². The molecule has 0 bridgehead atoms. The first-order valence-electron chi connectivity index (χ1n) is 9.05. The van der Waals surface area contributed by atoms with Crippen molar-refractivity contribution in [2.45, 2.75) is 25.6 Å². The Morgan fingerprint density at radius 1 is 1.37 bits per heavy atom. The standard InChI is InChI=1S/C20H31N5O2/c1-7-16(10-11-25(4)5)27-18-13-15(8-9-17(18)26-6)23-20-22-14(2)12-19(21-3)24-20/h7-9,12-13,16,19,21H,1,10-11H2,2-6H3,(H2,22,23,24)/t16-,19?/m0/s1. The van der Waals surface area contributed by atoms with Gasteiger partial charge in [-0.15, -0.1) is 0 Å². The predicted octanol–water partition coefficient (Wildman–Crippen LogP) is 2.40. The summed E-state index contributed by atoms with van der Waals surface area (Å²) in [6, 6.07) is 5.73. The van der Waals surface area contributed by atoms with Gasteiger partial charge in [-0.25, -0.2) is 4.99 Å². The number of nitrogens with zero attached hydrogens (tertiary/aromatic N) is 2. The Kier molecular flexibility index (Phi) is 7.69. The molecule has 27 heavy (non-hydrogen) atoms. The van der Waals surface area contributed by atoms with E-state index in [2.05, 4.69) is 32.4 Å². The topological polar surface area (TPSA) is 70.2 Å². The quantitative estimate of drug-likeness (QED) is 0.578. The molecule has 1 aliphatic heterocycles. The Bertz CT molecular complexity index is 700. The predicted molar refractivity (Wildman–Crippen MR) is 112 cm³/mol. The van der Waals surface area contributed by atoms with Gasteiger partial charge in [-0.2, -0.15) is 0 Å². The maximum absolute atomic E-state index is 6.14. The summed E-state index contributed by atoms with van der Waals surface area (Å²) in [6.07, 6.45) is 4.63. The molecule has 0 spiro atoms. The largest absolute Gasteiger partial charge is 0.493 e. The van der Waals surface area contributed by atoms with E-state index in [0.29, 0.717) is 17.5 Å². The highest BCUT2D eigenvalue weighted by atomic mass is 16.5. The molecule has 0 radical (unpaired) electrons. The molecule has 1 unspecified atom stereocenters. The van der Waals surface area contributed by atoms with Gasteiger partial charge in [-0.1, -0.05) is 12.7 Å². The van der Waals surface area contributed by atoms with Crippen molar-refractivity contribution in [3.8, 4) is 11.5 Å². The number of likely N-dealkylation sites (N-methyl/N-ethyl adjacent to an activating group) is 1. The van der Waals surface area contributed by atoms with Crippen LogP contribution < -0.4 is 25.4 Å². The number of rotatable bonds is 9. The average molecular weight is 374 g/mol. The molecule has 3 N–H and O–H groups in total. The van der Waals surface area contributed by atoms with Gasteiger partial charge >= 0.3 is 0 Å². The normalized spacial score (nSPS) is 17.5. The zero-order valence-electron chi connectivity index (χ0n) is 16.9. The zero-order valence-corrected chi connectivity index (χ0v) is 16.9. The van der Waals surface area contributed by atoms with Crippen LogP contribution in [0.15, 0.2) is 47.6 Å². The van der Waals surface area contributed by atoms with Crippen molar-refractivity contribution in [1.82, 2.24) is 15.5 Å². The van der Waals surface area contributed by atoms with E-state index < -0.39 is 0 Å². The number of ether oxygens (including phenoxy) is 2. The molecule has 0 aromatic heterocycles. The molecule has 1 aromatic carbocycles. The second kappa shape index (κ2) is 9.99. The van der Waals surface area contributed by atoms with Crippen molar-refractivity contribution in [3.05, 3.63) is 42.6 Å². The summed E-state index contributed by atoms with van der Waals surface area (Å²) in [5.74, 6) is 2.03. The third-order valence-corrected chi connectivity index (χ3v) is 4.13. The van der Waals surface area contributed by atoms with Crippen LogP contribution in [0.25, 0.3) is 0 Å². The van der Waals surface area contributed by atoms with Gasteiger partial charge in [0.2, 0.25) is 5.96 Å².